The van der Waals surface area contributed by atoms with E-state index in [-0.39, 0.29) is 11.1 Å². The monoisotopic (exact) mass is 439 g/mol. The van der Waals surface area contributed by atoms with Crippen LogP contribution in [0.5, 0.6) is 0 Å². The van der Waals surface area contributed by atoms with Gasteiger partial charge in [-0.1, -0.05) is 32.5 Å². The van der Waals surface area contributed by atoms with Gasteiger partial charge < -0.3 is 9.47 Å². The second-order valence-corrected chi connectivity index (χ2v) is 9.71. The van der Waals surface area contributed by atoms with E-state index in [0.717, 1.165) is 55.9 Å². The number of anilines is 1. The zero-order chi connectivity index (χ0) is 21.9. The number of halogens is 2. The van der Waals surface area contributed by atoms with E-state index >= 15 is 0 Å². The summed E-state index contributed by atoms with van der Waals surface area (Å²) in [5, 5.41) is 9.21. The summed E-state index contributed by atoms with van der Waals surface area (Å²) in [5.74, 6) is 2.99. The molecular weight excluding hydrogens is 408 g/mol. The summed E-state index contributed by atoms with van der Waals surface area (Å²) >= 11 is 1.73. The van der Waals surface area contributed by atoms with Crippen LogP contribution in [0.15, 0.2) is 11.2 Å². The lowest BCUT2D eigenvalue weighted by molar-refractivity contribution is 0.145. The largest absolute Gasteiger partial charge is 0.354 e. The Kier molecular flexibility index (Phi) is 7.28. The molecule has 3 heterocycles. The van der Waals surface area contributed by atoms with Gasteiger partial charge in [-0.05, 0) is 19.9 Å². The van der Waals surface area contributed by atoms with Crippen LogP contribution in [0.1, 0.15) is 51.0 Å². The lowest BCUT2D eigenvalue weighted by atomic mass is 9.95. The molecule has 0 aromatic carbocycles. The summed E-state index contributed by atoms with van der Waals surface area (Å²) in [6.45, 7) is 12.1. The molecule has 0 spiro atoms. The normalized spacial score (nSPS) is 15.9. The minimum atomic E-state index is -2.59. The fourth-order valence-corrected chi connectivity index (χ4v) is 4.11. The molecule has 0 unspecified atom stereocenters. The highest BCUT2D eigenvalue weighted by Gasteiger charge is 2.25. The first-order valence-electron chi connectivity index (χ1n) is 10.3. The van der Waals surface area contributed by atoms with Crippen molar-refractivity contribution in [2.75, 3.05) is 43.4 Å². The van der Waals surface area contributed by atoms with Gasteiger partial charge in [0.05, 0.1) is 0 Å². The molecule has 0 radical (unpaired) electrons. The standard InChI is InChI=1S/C20H31F2N7S/c1-14-25-26-19(27(14)5)30-12-6-7-28-8-10-29(11-9-28)16-13-15(17(21)22)23-18(24-16)20(2,3)4/h13,17H,6-12H2,1-5H3. The molecule has 0 N–H and O–H groups in total. The summed E-state index contributed by atoms with van der Waals surface area (Å²) in [6.07, 6.45) is -1.53. The number of alkyl halides is 2. The zero-order valence-electron chi connectivity index (χ0n) is 18.4. The van der Waals surface area contributed by atoms with Gasteiger partial charge in [0, 0.05) is 50.5 Å². The molecule has 1 aliphatic heterocycles. The number of rotatable bonds is 7. The molecule has 10 heteroatoms. The Morgan fingerprint density at radius 2 is 1.80 bits per heavy atom. The van der Waals surface area contributed by atoms with Crippen molar-refractivity contribution in [3.05, 3.63) is 23.4 Å². The third kappa shape index (κ3) is 5.66. The molecule has 0 aliphatic carbocycles. The topological polar surface area (TPSA) is 63.0 Å². The van der Waals surface area contributed by atoms with Crippen LogP contribution in [-0.2, 0) is 12.5 Å². The molecule has 1 fully saturated rings. The maximum Gasteiger partial charge on any atom is 0.280 e. The van der Waals surface area contributed by atoms with Crippen molar-refractivity contribution in [3.63, 3.8) is 0 Å². The van der Waals surface area contributed by atoms with Crippen LogP contribution in [0.3, 0.4) is 0 Å². The average molecular weight is 440 g/mol. The first-order valence-corrected chi connectivity index (χ1v) is 11.3. The molecule has 3 rings (SSSR count). The van der Waals surface area contributed by atoms with Crippen LogP contribution in [-0.4, -0.2) is 68.1 Å². The minimum Gasteiger partial charge on any atom is -0.354 e. The van der Waals surface area contributed by atoms with E-state index < -0.39 is 6.43 Å². The molecular formula is C20H31F2N7S. The highest BCUT2D eigenvalue weighted by Crippen LogP contribution is 2.27. The van der Waals surface area contributed by atoms with Gasteiger partial charge in [0.25, 0.3) is 6.43 Å². The number of hydrogen-bond donors (Lipinski definition) is 0. The van der Waals surface area contributed by atoms with Crippen LogP contribution in [0.25, 0.3) is 0 Å². The number of aromatic nitrogens is 5. The summed E-state index contributed by atoms with van der Waals surface area (Å²) in [6, 6.07) is 1.44. The Morgan fingerprint density at radius 1 is 1.10 bits per heavy atom. The number of aryl methyl sites for hydroxylation is 1. The molecule has 0 bridgehead atoms. The highest BCUT2D eigenvalue weighted by atomic mass is 32.2. The maximum atomic E-state index is 13.3. The molecule has 7 nitrogen and oxygen atoms in total. The van der Waals surface area contributed by atoms with E-state index in [9.17, 15) is 8.78 Å². The van der Waals surface area contributed by atoms with Crippen molar-refractivity contribution in [1.29, 1.82) is 0 Å². The van der Waals surface area contributed by atoms with Crippen LogP contribution >= 0.6 is 11.8 Å². The van der Waals surface area contributed by atoms with Crippen molar-refractivity contribution in [2.45, 2.75) is 51.1 Å². The van der Waals surface area contributed by atoms with Gasteiger partial charge in [0.2, 0.25) is 0 Å². The Hall–Kier alpha value is -1.81. The minimum absolute atomic E-state index is 0.191. The highest BCUT2D eigenvalue weighted by molar-refractivity contribution is 7.99. The van der Waals surface area contributed by atoms with Gasteiger partial charge in [-0.2, -0.15) is 0 Å². The van der Waals surface area contributed by atoms with Gasteiger partial charge in [0.1, 0.15) is 23.2 Å². The molecule has 2 aromatic heterocycles. The van der Waals surface area contributed by atoms with Crippen LogP contribution in [0.2, 0.25) is 0 Å². The molecule has 0 saturated carbocycles. The Labute approximate surface area is 181 Å². The van der Waals surface area contributed by atoms with Crippen LogP contribution < -0.4 is 4.90 Å². The maximum absolute atomic E-state index is 13.3. The Morgan fingerprint density at radius 3 is 2.37 bits per heavy atom. The van der Waals surface area contributed by atoms with Crippen LogP contribution in [0, 0.1) is 6.92 Å². The van der Waals surface area contributed by atoms with E-state index in [1.54, 1.807) is 11.8 Å². The van der Waals surface area contributed by atoms with E-state index in [4.69, 9.17) is 0 Å². The summed E-state index contributed by atoms with van der Waals surface area (Å²) in [5.41, 5.74) is -0.566. The summed E-state index contributed by atoms with van der Waals surface area (Å²) in [4.78, 5) is 13.2. The molecule has 2 aromatic rings. The van der Waals surface area contributed by atoms with E-state index in [1.165, 1.54) is 6.07 Å². The smallest absolute Gasteiger partial charge is 0.280 e. The lowest BCUT2D eigenvalue weighted by Crippen LogP contribution is -2.47. The predicted octanol–water partition coefficient (Wildman–Crippen LogP) is 3.45. The van der Waals surface area contributed by atoms with Crippen molar-refractivity contribution in [1.82, 2.24) is 29.6 Å². The molecule has 1 aliphatic rings. The van der Waals surface area contributed by atoms with Crippen molar-refractivity contribution < 1.29 is 8.78 Å². The molecule has 166 valence electrons. The fourth-order valence-electron chi connectivity index (χ4n) is 3.23. The van der Waals surface area contributed by atoms with Gasteiger partial charge in [-0.3, -0.25) is 4.90 Å². The van der Waals surface area contributed by atoms with Gasteiger partial charge in [-0.25, -0.2) is 18.7 Å². The molecule has 1 saturated heterocycles. The van der Waals surface area contributed by atoms with Gasteiger partial charge in [-0.15, -0.1) is 10.2 Å². The Bertz CT molecular complexity index is 842. The second-order valence-electron chi connectivity index (χ2n) is 8.64. The molecule has 0 amide bonds. The zero-order valence-corrected chi connectivity index (χ0v) is 19.2. The number of hydrogen-bond acceptors (Lipinski definition) is 7. The van der Waals surface area contributed by atoms with Gasteiger partial charge >= 0.3 is 0 Å². The van der Waals surface area contributed by atoms with Crippen molar-refractivity contribution in [3.8, 4) is 0 Å². The number of thioether (sulfide) groups is 1. The van der Waals surface area contributed by atoms with Crippen molar-refractivity contribution in [2.24, 2.45) is 7.05 Å². The SMILES string of the molecule is Cc1nnc(SCCCN2CCN(c3cc(C(F)F)nc(C(C)(C)C)n3)CC2)n1C. The summed E-state index contributed by atoms with van der Waals surface area (Å²) < 4.78 is 28.7. The summed E-state index contributed by atoms with van der Waals surface area (Å²) in [7, 11) is 1.98. The van der Waals surface area contributed by atoms with Gasteiger partial charge in [0.15, 0.2) is 5.16 Å². The first kappa shape index (κ1) is 22.9. The molecule has 30 heavy (non-hydrogen) atoms. The second kappa shape index (κ2) is 9.55. The number of piperazine rings is 1. The fraction of sp³-hybridized carbons (Fsp3) is 0.700. The predicted molar refractivity (Wildman–Crippen MR) is 115 cm³/mol. The third-order valence-corrected chi connectivity index (χ3v) is 6.33. The first-order chi connectivity index (χ1) is 14.1. The third-order valence-electron chi connectivity index (χ3n) is 5.23. The quantitative estimate of drug-likeness (QED) is 0.484. The Balaban J connectivity index is 1.51. The van der Waals surface area contributed by atoms with Crippen LogP contribution in [0.4, 0.5) is 14.6 Å². The lowest BCUT2D eigenvalue weighted by Gasteiger charge is -2.36. The molecule has 0 atom stereocenters. The van der Waals surface area contributed by atoms with Crippen molar-refractivity contribution >= 4 is 17.6 Å². The van der Waals surface area contributed by atoms with E-state index in [0.29, 0.717) is 11.6 Å². The number of nitrogens with zero attached hydrogens (tertiary/aromatic N) is 7. The van der Waals surface area contributed by atoms with E-state index in [1.807, 2.05) is 39.3 Å². The average Bonchev–Trinajstić information content (AvgIpc) is 3.03. The van der Waals surface area contributed by atoms with E-state index in [2.05, 4.69) is 30.0 Å².